The Morgan fingerprint density at radius 2 is 1.00 bits per heavy atom. The van der Waals surface area contributed by atoms with Gasteiger partial charge in [-0.25, -0.2) is 0 Å². The zero-order chi connectivity index (χ0) is 13.8. The summed E-state index contributed by atoms with van der Waals surface area (Å²) in [6.45, 7) is 16.7. The van der Waals surface area contributed by atoms with Crippen LogP contribution in [0.15, 0.2) is 0 Å². The molecule has 0 unspecified atom stereocenters. The Morgan fingerprint density at radius 3 is 1.28 bits per heavy atom. The second-order valence-electron chi connectivity index (χ2n) is 5.44. The fourth-order valence-electron chi connectivity index (χ4n) is 2.55. The average molecular weight is 363 g/mol. The molecule has 0 spiro atoms. The van der Waals surface area contributed by atoms with Crippen LogP contribution in [0.2, 0.25) is 13.8 Å². The molecule has 0 atom stereocenters. The molecule has 0 fully saturated rings. The van der Waals surface area contributed by atoms with Crippen LogP contribution in [-0.2, 0) is 0 Å². The molecule has 0 rings (SSSR count). The Kier molecular flexibility index (Phi) is 13.2. The van der Waals surface area contributed by atoms with Gasteiger partial charge in [0.1, 0.15) is 0 Å². The van der Waals surface area contributed by atoms with Crippen LogP contribution >= 0.6 is 0 Å². The third-order valence-electron chi connectivity index (χ3n) is 4.13. The number of rotatable bonds is 12. The average Bonchev–Trinajstić information content (AvgIpc) is 2.40. The Labute approximate surface area is 123 Å². The van der Waals surface area contributed by atoms with Crippen LogP contribution in [0.3, 0.4) is 0 Å². The second-order valence-corrected chi connectivity index (χ2v) is 15.0. The van der Waals surface area contributed by atoms with E-state index in [9.17, 15) is 0 Å². The van der Waals surface area contributed by atoms with Crippen molar-refractivity contribution < 1.29 is 0 Å². The van der Waals surface area contributed by atoms with E-state index in [1.165, 1.54) is 52.1 Å². The van der Waals surface area contributed by atoms with E-state index in [-0.39, 0.29) is 0 Å². The summed E-state index contributed by atoms with van der Waals surface area (Å²) < 4.78 is 3.22. The number of nitrogens with zero attached hydrogens (tertiary/aromatic N) is 2. The van der Waals surface area contributed by atoms with Crippen molar-refractivity contribution in [3.63, 3.8) is 0 Å². The first-order valence-electron chi connectivity index (χ1n) is 8.12. The van der Waals surface area contributed by atoms with Crippen molar-refractivity contribution in [3.05, 3.63) is 0 Å². The molecule has 0 aromatic rings. The molecular formula is C15H36N2Sn. The van der Waals surface area contributed by atoms with Gasteiger partial charge in [0.15, 0.2) is 0 Å². The molecule has 3 heteroatoms. The molecule has 0 saturated carbocycles. The SMILES string of the molecule is CCN(CC)CC[CH2][SnH]([CH3])[CH2]CCN(CC)CC. The topological polar surface area (TPSA) is 6.48 Å². The molecule has 0 heterocycles. The second kappa shape index (κ2) is 12.7. The van der Waals surface area contributed by atoms with Gasteiger partial charge in [-0.1, -0.05) is 0 Å². The van der Waals surface area contributed by atoms with Crippen LogP contribution in [-0.4, -0.2) is 68.8 Å². The summed E-state index contributed by atoms with van der Waals surface area (Å²) in [5, 5.41) is 0. The Balaban J connectivity index is 3.50. The van der Waals surface area contributed by atoms with E-state index in [0.29, 0.717) is 0 Å². The summed E-state index contributed by atoms with van der Waals surface area (Å²) in [5.41, 5.74) is 0. The maximum absolute atomic E-state index is 2.63. The zero-order valence-corrected chi connectivity index (χ0v) is 16.8. The van der Waals surface area contributed by atoms with Gasteiger partial charge in [-0.2, -0.15) is 0 Å². The van der Waals surface area contributed by atoms with Crippen molar-refractivity contribution in [2.75, 3.05) is 39.3 Å². The Hall–Kier alpha value is 0.719. The summed E-state index contributed by atoms with van der Waals surface area (Å²) >= 11 is -1.09. The first kappa shape index (κ1) is 18.7. The van der Waals surface area contributed by atoms with Crippen molar-refractivity contribution in [2.24, 2.45) is 0 Å². The summed E-state index contributed by atoms with van der Waals surface area (Å²) in [4.78, 5) is 7.76. The predicted molar refractivity (Wildman–Crippen MR) is 87.4 cm³/mol. The van der Waals surface area contributed by atoms with Crippen molar-refractivity contribution in [2.45, 2.75) is 54.3 Å². The number of hydrogen-bond donors (Lipinski definition) is 0. The first-order valence-corrected chi connectivity index (χ1v) is 16.1. The summed E-state index contributed by atoms with van der Waals surface area (Å²) in [5.74, 6) is 0. The Bertz CT molecular complexity index is 150. The predicted octanol–water partition coefficient (Wildman–Crippen LogP) is 3.31. The van der Waals surface area contributed by atoms with Gasteiger partial charge in [-0.3, -0.25) is 0 Å². The molecule has 0 bridgehead atoms. The molecule has 110 valence electrons. The third-order valence-corrected chi connectivity index (χ3v) is 12.1. The normalized spacial score (nSPS) is 12.0. The van der Waals surface area contributed by atoms with Gasteiger partial charge in [0.25, 0.3) is 0 Å². The van der Waals surface area contributed by atoms with Crippen LogP contribution in [0.4, 0.5) is 0 Å². The van der Waals surface area contributed by atoms with Crippen LogP contribution in [0.5, 0.6) is 0 Å². The summed E-state index contributed by atoms with van der Waals surface area (Å²) in [6, 6.07) is 0. The maximum atomic E-state index is 2.63. The molecule has 0 amide bonds. The van der Waals surface area contributed by atoms with E-state index in [2.05, 4.69) is 42.4 Å². The molecule has 0 saturated heterocycles. The van der Waals surface area contributed by atoms with Gasteiger partial charge in [0.05, 0.1) is 0 Å². The molecule has 18 heavy (non-hydrogen) atoms. The molecule has 0 aliphatic rings. The van der Waals surface area contributed by atoms with Gasteiger partial charge < -0.3 is 0 Å². The molecule has 0 aromatic heterocycles. The van der Waals surface area contributed by atoms with Crippen LogP contribution in [0.1, 0.15) is 40.5 Å². The zero-order valence-electron chi connectivity index (χ0n) is 13.5. The van der Waals surface area contributed by atoms with E-state index < -0.39 is 19.8 Å². The molecule has 0 N–H and O–H groups in total. The fraction of sp³-hybridized carbons (Fsp3) is 1.00. The van der Waals surface area contributed by atoms with E-state index in [0.717, 1.165) is 0 Å². The molecule has 2 nitrogen and oxygen atoms in total. The van der Waals surface area contributed by atoms with Gasteiger partial charge in [0, 0.05) is 0 Å². The molecule has 0 aliphatic carbocycles. The molecule has 0 aromatic carbocycles. The summed E-state index contributed by atoms with van der Waals surface area (Å²) in [6.07, 6.45) is 2.92. The molecule has 0 aliphatic heterocycles. The monoisotopic (exact) mass is 364 g/mol. The quantitative estimate of drug-likeness (QED) is 0.491. The van der Waals surface area contributed by atoms with Crippen molar-refractivity contribution in [3.8, 4) is 0 Å². The van der Waals surface area contributed by atoms with Crippen LogP contribution < -0.4 is 0 Å². The van der Waals surface area contributed by atoms with E-state index in [1.54, 1.807) is 8.87 Å². The number of hydrogen-bond acceptors (Lipinski definition) is 2. The third kappa shape index (κ3) is 9.62. The van der Waals surface area contributed by atoms with Crippen molar-refractivity contribution in [1.29, 1.82) is 0 Å². The first-order chi connectivity index (χ1) is 8.67. The standard InChI is InChI=1S/2C7H16N.CH3.Sn.H/c2*1-4-7-8(5-2)6-3;;;/h2*1,4-7H2,2-3H3;1H3;;. The Morgan fingerprint density at radius 1 is 0.667 bits per heavy atom. The van der Waals surface area contributed by atoms with Gasteiger partial charge in [-0.05, 0) is 0 Å². The van der Waals surface area contributed by atoms with Crippen LogP contribution in [0, 0.1) is 0 Å². The fourth-order valence-corrected chi connectivity index (χ4v) is 8.39. The van der Waals surface area contributed by atoms with E-state index >= 15 is 0 Å². The van der Waals surface area contributed by atoms with Gasteiger partial charge in [0.2, 0.25) is 0 Å². The van der Waals surface area contributed by atoms with Crippen molar-refractivity contribution in [1.82, 2.24) is 9.80 Å². The molecular weight excluding hydrogens is 327 g/mol. The van der Waals surface area contributed by atoms with E-state index in [1.807, 2.05) is 0 Å². The van der Waals surface area contributed by atoms with Gasteiger partial charge >= 0.3 is 123 Å². The van der Waals surface area contributed by atoms with E-state index in [4.69, 9.17) is 0 Å². The minimum atomic E-state index is -1.09. The van der Waals surface area contributed by atoms with Crippen LogP contribution in [0.25, 0.3) is 0 Å². The minimum absolute atomic E-state index is 1.09. The van der Waals surface area contributed by atoms with Gasteiger partial charge in [-0.15, -0.1) is 0 Å². The molecule has 0 radical (unpaired) electrons. The summed E-state index contributed by atoms with van der Waals surface area (Å²) in [7, 11) is 0. The van der Waals surface area contributed by atoms with Crippen molar-refractivity contribution >= 4 is 19.8 Å².